The van der Waals surface area contributed by atoms with Crippen molar-refractivity contribution in [2.75, 3.05) is 32.8 Å². The molecule has 3 heteroatoms. The minimum absolute atomic E-state index is 0.266. The Morgan fingerprint density at radius 2 is 2.08 bits per heavy atom. The fourth-order valence-corrected chi connectivity index (χ4v) is 1.89. The third-order valence-electron chi connectivity index (χ3n) is 2.71. The minimum Gasteiger partial charge on any atom is -0.395 e. The molecule has 0 aromatic heterocycles. The number of nitrogens with zero attached hydrogens (tertiary/aromatic N) is 1. The molecule has 0 amide bonds. The zero-order chi connectivity index (χ0) is 9.52. The maximum Gasteiger partial charge on any atom is 0.0585 e. The fourth-order valence-electron chi connectivity index (χ4n) is 1.89. The summed E-state index contributed by atoms with van der Waals surface area (Å²) in [6, 6.07) is 0.297. The third-order valence-corrected chi connectivity index (χ3v) is 2.71. The van der Waals surface area contributed by atoms with E-state index in [1.807, 2.05) is 0 Å². The fraction of sp³-hybridized carbons (Fsp3) is 1.00. The molecule has 0 aliphatic carbocycles. The van der Waals surface area contributed by atoms with Crippen molar-refractivity contribution >= 4 is 0 Å². The quantitative estimate of drug-likeness (QED) is 0.632. The summed E-state index contributed by atoms with van der Waals surface area (Å²) in [4.78, 5) is 2.49. The lowest BCUT2D eigenvalue weighted by Gasteiger charge is -2.19. The van der Waals surface area contributed by atoms with E-state index < -0.39 is 0 Å². The lowest BCUT2D eigenvalue weighted by atomic mass is 10.2. The van der Waals surface area contributed by atoms with Gasteiger partial charge in [0.15, 0.2) is 0 Å². The summed E-state index contributed by atoms with van der Waals surface area (Å²) in [7, 11) is 0. The maximum atomic E-state index is 9.05. The Morgan fingerprint density at radius 1 is 1.38 bits per heavy atom. The summed E-state index contributed by atoms with van der Waals surface area (Å²) in [6.45, 7) is 6.94. The van der Waals surface area contributed by atoms with Gasteiger partial charge in [-0.2, -0.15) is 0 Å². The smallest absolute Gasteiger partial charge is 0.0585 e. The van der Waals surface area contributed by atoms with Gasteiger partial charge in [0.25, 0.3) is 0 Å². The molecule has 0 saturated carbocycles. The highest BCUT2D eigenvalue weighted by Crippen LogP contribution is 2.08. The predicted octanol–water partition coefficient (Wildman–Crippen LogP) is 0.443. The van der Waals surface area contributed by atoms with Crippen LogP contribution in [0, 0.1) is 0 Å². The topological polar surface area (TPSA) is 35.5 Å². The Labute approximate surface area is 81.1 Å². The molecule has 1 aliphatic rings. The number of rotatable bonds is 6. The average Bonchev–Trinajstić information content (AvgIpc) is 2.64. The molecule has 1 heterocycles. The van der Waals surface area contributed by atoms with Gasteiger partial charge in [0.05, 0.1) is 6.61 Å². The van der Waals surface area contributed by atoms with Crippen molar-refractivity contribution in [2.45, 2.75) is 32.2 Å². The molecule has 0 bridgehead atoms. The van der Waals surface area contributed by atoms with Crippen LogP contribution in [-0.4, -0.2) is 48.8 Å². The highest BCUT2D eigenvalue weighted by atomic mass is 16.3. The van der Waals surface area contributed by atoms with Crippen LogP contribution in [0.3, 0.4) is 0 Å². The van der Waals surface area contributed by atoms with Crippen molar-refractivity contribution in [3.05, 3.63) is 0 Å². The van der Waals surface area contributed by atoms with E-state index in [0.717, 1.165) is 19.5 Å². The summed E-state index contributed by atoms with van der Waals surface area (Å²) < 4.78 is 0. The second kappa shape index (κ2) is 6.35. The first-order valence-electron chi connectivity index (χ1n) is 5.43. The standard InChI is InChI=1S/C10H22N2O/c1-2-11-10(9-13)5-8-12-6-3-4-7-12/h10-11,13H,2-9H2,1H3. The number of hydrogen-bond donors (Lipinski definition) is 2. The van der Waals surface area contributed by atoms with E-state index >= 15 is 0 Å². The molecule has 1 atom stereocenters. The minimum atomic E-state index is 0.266. The normalized spacial score (nSPS) is 20.8. The van der Waals surface area contributed by atoms with Crippen LogP contribution < -0.4 is 5.32 Å². The Hall–Kier alpha value is -0.120. The molecule has 0 aromatic rings. The van der Waals surface area contributed by atoms with Crippen molar-refractivity contribution < 1.29 is 5.11 Å². The van der Waals surface area contributed by atoms with Gasteiger partial charge in [-0.15, -0.1) is 0 Å². The highest BCUT2D eigenvalue weighted by Gasteiger charge is 2.13. The van der Waals surface area contributed by atoms with E-state index in [9.17, 15) is 0 Å². The van der Waals surface area contributed by atoms with E-state index in [-0.39, 0.29) is 6.61 Å². The zero-order valence-corrected chi connectivity index (χ0v) is 8.63. The van der Waals surface area contributed by atoms with E-state index in [0.29, 0.717) is 6.04 Å². The van der Waals surface area contributed by atoms with Crippen LogP contribution in [0.2, 0.25) is 0 Å². The van der Waals surface area contributed by atoms with Crippen molar-refractivity contribution in [3.8, 4) is 0 Å². The van der Waals surface area contributed by atoms with Gasteiger partial charge in [-0.05, 0) is 45.4 Å². The van der Waals surface area contributed by atoms with Gasteiger partial charge in [-0.25, -0.2) is 0 Å². The molecule has 2 N–H and O–H groups in total. The summed E-state index contributed by atoms with van der Waals surface area (Å²) >= 11 is 0. The van der Waals surface area contributed by atoms with Crippen molar-refractivity contribution in [1.29, 1.82) is 0 Å². The Kier molecular flexibility index (Phi) is 5.35. The van der Waals surface area contributed by atoms with Gasteiger partial charge in [0.1, 0.15) is 0 Å². The van der Waals surface area contributed by atoms with Gasteiger partial charge >= 0.3 is 0 Å². The summed E-state index contributed by atoms with van der Waals surface area (Å²) in [6.07, 6.45) is 3.78. The number of likely N-dealkylation sites (N-methyl/N-ethyl adjacent to an activating group) is 1. The largest absolute Gasteiger partial charge is 0.395 e. The van der Waals surface area contributed by atoms with E-state index in [2.05, 4.69) is 17.1 Å². The molecular weight excluding hydrogens is 164 g/mol. The molecule has 1 unspecified atom stereocenters. The SMILES string of the molecule is CCNC(CO)CCN1CCCC1. The first-order chi connectivity index (χ1) is 6.36. The molecule has 1 rings (SSSR count). The maximum absolute atomic E-state index is 9.05. The average molecular weight is 186 g/mol. The van der Waals surface area contributed by atoms with Gasteiger partial charge in [-0.1, -0.05) is 6.92 Å². The Bertz CT molecular complexity index is 124. The molecule has 1 aliphatic heterocycles. The number of aliphatic hydroxyl groups is 1. The summed E-state index contributed by atoms with van der Waals surface area (Å²) in [5.41, 5.74) is 0. The molecule has 3 nitrogen and oxygen atoms in total. The van der Waals surface area contributed by atoms with Crippen molar-refractivity contribution in [3.63, 3.8) is 0 Å². The molecule has 0 radical (unpaired) electrons. The summed E-state index contributed by atoms with van der Waals surface area (Å²) in [5, 5.41) is 12.3. The van der Waals surface area contributed by atoms with Gasteiger partial charge in [0, 0.05) is 6.04 Å². The van der Waals surface area contributed by atoms with Crippen LogP contribution in [0.4, 0.5) is 0 Å². The Balaban J connectivity index is 2.07. The predicted molar refractivity (Wildman–Crippen MR) is 54.8 cm³/mol. The van der Waals surface area contributed by atoms with Crippen molar-refractivity contribution in [1.82, 2.24) is 10.2 Å². The molecule has 0 aromatic carbocycles. The van der Waals surface area contributed by atoms with Crippen LogP contribution in [0.15, 0.2) is 0 Å². The number of hydrogen-bond acceptors (Lipinski definition) is 3. The second-order valence-electron chi connectivity index (χ2n) is 3.77. The van der Waals surface area contributed by atoms with Gasteiger partial charge < -0.3 is 15.3 Å². The van der Waals surface area contributed by atoms with Crippen molar-refractivity contribution in [2.24, 2.45) is 0 Å². The number of nitrogens with one attached hydrogen (secondary N) is 1. The second-order valence-corrected chi connectivity index (χ2v) is 3.77. The molecule has 1 fully saturated rings. The molecule has 1 saturated heterocycles. The van der Waals surface area contributed by atoms with Crippen LogP contribution in [0.25, 0.3) is 0 Å². The molecule has 13 heavy (non-hydrogen) atoms. The number of aliphatic hydroxyl groups excluding tert-OH is 1. The van der Waals surface area contributed by atoms with Crippen LogP contribution in [0.5, 0.6) is 0 Å². The summed E-state index contributed by atoms with van der Waals surface area (Å²) in [5.74, 6) is 0. The molecular formula is C10H22N2O. The number of likely N-dealkylation sites (tertiary alicyclic amines) is 1. The zero-order valence-electron chi connectivity index (χ0n) is 8.63. The lowest BCUT2D eigenvalue weighted by Crippen LogP contribution is -2.36. The first kappa shape index (κ1) is 11.0. The first-order valence-corrected chi connectivity index (χ1v) is 5.43. The molecule has 0 spiro atoms. The van der Waals surface area contributed by atoms with Crippen LogP contribution >= 0.6 is 0 Å². The third kappa shape index (κ3) is 4.07. The van der Waals surface area contributed by atoms with E-state index in [1.54, 1.807) is 0 Å². The molecule has 78 valence electrons. The van der Waals surface area contributed by atoms with E-state index in [4.69, 9.17) is 5.11 Å². The lowest BCUT2D eigenvalue weighted by molar-refractivity contribution is 0.219. The van der Waals surface area contributed by atoms with E-state index in [1.165, 1.54) is 25.9 Å². The van der Waals surface area contributed by atoms with Crippen LogP contribution in [0.1, 0.15) is 26.2 Å². The Morgan fingerprint density at radius 3 is 2.62 bits per heavy atom. The monoisotopic (exact) mass is 186 g/mol. The highest BCUT2D eigenvalue weighted by molar-refractivity contribution is 4.71. The van der Waals surface area contributed by atoms with Crippen LogP contribution in [-0.2, 0) is 0 Å². The van der Waals surface area contributed by atoms with Gasteiger partial charge in [-0.3, -0.25) is 0 Å². The van der Waals surface area contributed by atoms with Gasteiger partial charge in [0.2, 0.25) is 0 Å².